The maximum Gasteiger partial charge on any atom is 0.330 e. The molecule has 8 atom stereocenters. The van der Waals surface area contributed by atoms with Crippen molar-refractivity contribution in [3.63, 3.8) is 0 Å². The average molecular weight is 330 g/mol. The quantitative estimate of drug-likeness (QED) is 0.730. The molecule has 3 unspecified atom stereocenters. The van der Waals surface area contributed by atoms with Gasteiger partial charge < -0.3 is 24.4 Å². The Labute approximate surface area is 134 Å². The van der Waals surface area contributed by atoms with Crippen LogP contribution in [-0.2, 0) is 19.0 Å². The number of alkyl halides is 1. The van der Waals surface area contributed by atoms with Gasteiger partial charge in [0, 0.05) is 18.4 Å². The normalized spacial score (nSPS) is 47.5. The van der Waals surface area contributed by atoms with Crippen LogP contribution in [0, 0.1) is 5.92 Å². The summed E-state index contributed by atoms with van der Waals surface area (Å²) in [5.41, 5.74) is 1.01. The van der Waals surface area contributed by atoms with E-state index in [4.69, 9.17) is 14.2 Å². The van der Waals surface area contributed by atoms with Gasteiger partial charge in [0.05, 0.1) is 12.2 Å². The van der Waals surface area contributed by atoms with E-state index in [0.717, 1.165) is 12.0 Å². The van der Waals surface area contributed by atoms with Crippen LogP contribution in [0.3, 0.4) is 0 Å². The van der Waals surface area contributed by atoms with E-state index in [1.54, 1.807) is 6.92 Å². The number of halogens is 1. The monoisotopic (exact) mass is 330 g/mol. The Hall–Kier alpha value is -1.02. The number of esters is 1. The van der Waals surface area contributed by atoms with E-state index in [0.29, 0.717) is 12.8 Å². The summed E-state index contributed by atoms with van der Waals surface area (Å²) in [7, 11) is 0. The van der Waals surface area contributed by atoms with Crippen LogP contribution in [0.4, 0.5) is 4.39 Å². The Morgan fingerprint density at radius 3 is 2.78 bits per heavy atom. The van der Waals surface area contributed by atoms with E-state index < -0.39 is 30.8 Å². The molecular formula is C16H23FO6. The topological polar surface area (TPSA) is 85.2 Å². The highest BCUT2D eigenvalue weighted by molar-refractivity contribution is 5.84. The fourth-order valence-corrected chi connectivity index (χ4v) is 3.63. The van der Waals surface area contributed by atoms with Crippen LogP contribution in [-0.4, -0.2) is 59.2 Å². The molecule has 0 amide bonds. The molecule has 0 spiro atoms. The summed E-state index contributed by atoms with van der Waals surface area (Å²) in [5, 5.41) is 19.3. The molecule has 0 aromatic rings. The van der Waals surface area contributed by atoms with Crippen LogP contribution in [0.2, 0.25) is 0 Å². The minimum absolute atomic E-state index is 0.187. The molecule has 7 heteroatoms. The number of carbonyl (C=O) groups is 1. The maximum absolute atomic E-state index is 14.1. The summed E-state index contributed by atoms with van der Waals surface area (Å²) in [6.07, 6.45) is -3.64. The van der Waals surface area contributed by atoms with Crippen molar-refractivity contribution < 1.29 is 33.6 Å². The second-order valence-corrected chi connectivity index (χ2v) is 6.68. The molecule has 1 aliphatic carbocycles. The molecule has 0 aromatic heterocycles. The number of hydrogen-bond donors (Lipinski definition) is 2. The van der Waals surface area contributed by atoms with Crippen LogP contribution < -0.4 is 0 Å². The van der Waals surface area contributed by atoms with Crippen molar-refractivity contribution in [2.24, 2.45) is 5.92 Å². The summed E-state index contributed by atoms with van der Waals surface area (Å²) in [6, 6.07) is 0. The molecule has 6 nitrogen and oxygen atoms in total. The lowest BCUT2D eigenvalue weighted by molar-refractivity contribution is -0.294. The number of hydrogen-bond acceptors (Lipinski definition) is 6. The first-order chi connectivity index (χ1) is 10.9. The van der Waals surface area contributed by atoms with Gasteiger partial charge in [-0.3, -0.25) is 0 Å². The SMILES string of the molecule is CC1=CC(=O)OC2CC(O[C@@H]3O[C@@H](C)[C@@H](O)[C@@H](O)[C@@H]3F)CCC12. The predicted octanol–water partition coefficient (Wildman–Crippen LogP) is 0.848. The first-order valence-electron chi connectivity index (χ1n) is 8.06. The summed E-state index contributed by atoms with van der Waals surface area (Å²) in [4.78, 5) is 11.5. The lowest BCUT2D eigenvalue weighted by atomic mass is 9.79. The highest BCUT2D eigenvalue weighted by Crippen LogP contribution is 2.37. The van der Waals surface area contributed by atoms with E-state index in [-0.39, 0.29) is 24.1 Å². The van der Waals surface area contributed by atoms with E-state index in [1.807, 2.05) is 6.92 Å². The van der Waals surface area contributed by atoms with Crippen molar-refractivity contribution in [3.05, 3.63) is 11.6 Å². The molecule has 2 aliphatic heterocycles. The first kappa shape index (κ1) is 16.8. The van der Waals surface area contributed by atoms with E-state index in [2.05, 4.69) is 0 Å². The molecule has 2 fully saturated rings. The molecule has 1 saturated heterocycles. The highest BCUT2D eigenvalue weighted by Gasteiger charge is 2.46. The summed E-state index contributed by atoms with van der Waals surface area (Å²) in [6.45, 7) is 3.48. The van der Waals surface area contributed by atoms with Gasteiger partial charge in [-0.05, 0) is 26.7 Å². The van der Waals surface area contributed by atoms with Crippen LogP contribution in [0.1, 0.15) is 33.1 Å². The number of rotatable bonds is 2. The van der Waals surface area contributed by atoms with Gasteiger partial charge in [0.1, 0.15) is 18.3 Å². The highest BCUT2D eigenvalue weighted by atomic mass is 19.1. The Morgan fingerprint density at radius 1 is 1.30 bits per heavy atom. The molecular weight excluding hydrogens is 307 g/mol. The van der Waals surface area contributed by atoms with E-state index >= 15 is 0 Å². The smallest absolute Gasteiger partial charge is 0.330 e. The molecule has 3 aliphatic rings. The average Bonchev–Trinajstić information content (AvgIpc) is 2.50. The Bertz CT molecular complexity index is 495. The molecule has 2 N–H and O–H groups in total. The van der Waals surface area contributed by atoms with E-state index in [1.165, 1.54) is 6.08 Å². The molecule has 0 bridgehead atoms. The summed E-state index contributed by atoms with van der Waals surface area (Å²) in [5.74, 6) is -0.166. The Morgan fingerprint density at radius 2 is 2.04 bits per heavy atom. The number of aliphatic hydroxyl groups excluding tert-OH is 2. The van der Waals surface area contributed by atoms with Gasteiger partial charge in [-0.2, -0.15) is 0 Å². The third-order valence-corrected chi connectivity index (χ3v) is 5.03. The van der Waals surface area contributed by atoms with Crippen molar-refractivity contribution in [1.29, 1.82) is 0 Å². The molecule has 0 aromatic carbocycles. The van der Waals surface area contributed by atoms with Gasteiger partial charge >= 0.3 is 5.97 Å². The van der Waals surface area contributed by atoms with Crippen molar-refractivity contribution in [2.45, 2.75) is 76.1 Å². The zero-order chi connectivity index (χ0) is 16.7. The Balaban J connectivity index is 1.61. The lowest BCUT2D eigenvalue weighted by Crippen LogP contribution is -2.56. The molecule has 0 radical (unpaired) electrons. The van der Waals surface area contributed by atoms with Gasteiger partial charge in [0.25, 0.3) is 0 Å². The lowest BCUT2D eigenvalue weighted by Gasteiger charge is -2.42. The van der Waals surface area contributed by atoms with Gasteiger partial charge in [0.2, 0.25) is 0 Å². The van der Waals surface area contributed by atoms with Crippen molar-refractivity contribution >= 4 is 5.97 Å². The van der Waals surface area contributed by atoms with Crippen LogP contribution in [0.25, 0.3) is 0 Å². The standard InChI is InChI=1S/C16H23FO6/c1-7-5-12(18)23-11-6-9(3-4-10(7)11)22-16-13(17)15(20)14(19)8(2)21-16/h5,8-11,13-16,19-20H,3-4,6H2,1-2H3/t8-,9?,10?,11?,13-,14+,15-,16-/m0/s1. The second kappa shape index (κ2) is 6.47. The van der Waals surface area contributed by atoms with Crippen LogP contribution >= 0.6 is 0 Å². The number of ether oxygens (including phenoxy) is 3. The molecule has 23 heavy (non-hydrogen) atoms. The molecule has 2 heterocycles. The molecule has 3 rings (SSSR count). The third-order valence-electron chi connectivity index (χ3n) is 5.03. The van der Waals surface area contributed by atoms with Crippen molar-refractivity contribution in [2.75, 3.05) is 0 Å². The van der Waals surface area contributed by atoms with Crippen molar-refractivity contribution in [3.8, 4) is 0 Å². The van der Waals surface area contributed by atoms with Crippen LogP contribution in [0.5, 0.6) is 0 Å². The minimum Gasteiger partial charge on any atom is -0.458 e. The van der Waals surface area contributed by atoms with Gasteiger partial charge in [0.15, 0.2) is 12.5 Å². The maximum atomic E-state index is 14.1. The number of fused-ring (bicyclic) bond motifs is 1. The van der Waals surface area contributed by atoms with Gasteiger partial charge in [-0.1, -0.05) is 5.57 Å². The third kappa shape index (κ3) is 3.28. The first-order valence-corrected chi connectivity index (χ1v) is 8.06. The fourth-order valence-electron chi connectivity index (χ4n) is 3.63. The predicted molar refractivity (Wildman–Crippen MR) is 77.1 cm³/mol. The van der Waals surface area contributed by atoms with Gasteiger partial charge in [-0.15, -0.1) is 0 Å². The second-order valence-electron chi connectivity index (χ2n) is 6.68. The largest absolute Gasteiger partial charge is 0.458 e. The zero-order valence-corrected chi connectivity index (χ0v) is 13.2. The summed E-state index contributed by atoms with van der Waals surface area (Å²) < 4.78 is 30.5. The number of carbonyl (C=O) groups excluding carboxylic acids is 1. The van der Waals surface area contributed by atoms with Crippen molar-refractivity contribution in [1.82, 2.24) is 0 Å². The fraction of sp³-hybridized carbons (Fsp3) is 0.812. The Kier molecular flexibility index (Phi) is 4.73. The minimum atomic E-state index is -1.81. The molecule has 130 valence electrons. The molecule has 1 saturated carbocycles. The van der Waals surface area contributed by atoms with Crippen LogP contribution in [0.15, 0.2) is 11.6 Å². The zero-order valence-electron chi connectivity index (χ0n) is 13.2. The van der Waals surface area contributed by atoms with E-state index in [9.17, 15) is 19.4 Å². The number of aliphatic hydroxyl groups is 2. The van der Waals surface area contributed by atoms with Gasteiger partial charge in [-0.25, -0.2) is 9.18 Å². The summed E-state index contributed by atoms with van der Waals surface area (Å²) >= 11 is 0.